The first-order valence-corrected chi connectivity index (χ1v) is 54.1. The molecule has 0 aromatic carbocycles. The number of nitrogens with one attached hydrogen (secondary N) is 2. The number of nitrogens with zero attached hydrogens (tertiary/aromatic N) is 12. The number of fused-ring (bicyclic) bond motifs is 9. The number of carboxylic acids is 2. The number of carbonyl (C=O) groups excluding carboxylic acids is 11. The number of nitrogens with two attached hydrogens (primary N) is 1. The summed E-state index contributed by atoms with van der Waals surface area (Å²) in [4.78, 5) is 179. The van der Waals surface area contributed by atoms with Crippen molar-refractivity contribution in [3.63, 3.8) is 0 Å². The Morgan fingerprint density at radius 1 is 0.489 bits per heavy atom. The van der Waals surface area contributed by atoms with Crippen molar-refractivity contribution in [2.75, 3.05) is 59.5 Å². The van der Waals surface area contributed by atoms with Crippen LogP contribution in [-0.4, -0.2) is 225 Å². The molecule has 0 aliphatic carbocycles. The predicted octanol–water partition coefficient (Wildman–Crippen LogP) is 9.05. The summed E-state index contributed by atoms with van der Waals surface area (Å²) in [5.41, 5.74) is 14.0. The molecule has 14 heterocycles. The Kier molecular flexibility index (Phi) is 42.9. The number of carbonyl (C=O) groups is 12. The molecular weight excluding hydrogens is 1940 g/mol. The van der Waals surface area contributed by atoms with E-state index in [-0.39, 0.29) is 160 Å². The number of unbranched alkanes of at least 4 members (excludes halogenated alkanes) is 3. The van der Waals surface area contributed by atoms with Gasteiger partial charge in [0.2, 0.25) is 47.3 Å². The molecule has 7 amide bonds. The van der Waals surface area contributed by atoms with Gasteiger partial charge >= 0.3 is 182 Å². The third-order valence-electron chi connectivity index (χ3n) is 24.0. The number of aromatic nitrogens is 7. The van der Waals surface area contributed by atoms with Gasteiger partial charge in [-0.3, -0.25) is 57.7 Å². The van der Waals surface area contributed by atoms with Gasteiger partial charge in [-0.25, -0.2) is 24.9 Å². The summed E-state index contributed by atoms with van der Waals surface area (Å²) in [5, 5.41) is 27.0. The average Bonchev–Trinajstić information content (AvgIpc) is 1.74. The van der Waals surface area contributed by atoms with Gasteiger partial charge in [-0.05, 0) is 172 Å². The van der Waals surface area contributed by atoms with Crippen LogP contribution in [0.5, 0.6) is 0 Å². The molecule has 0 radical (unpaired) electrons. The van der Waals surface area contributed by atoms with E-state index in [9.17, 15) is 71.4 Å². The van der Waals surface area contributed by atoms with Crippen molar-refractivity contribution in [2.24, 2.45) is 5.73 Å². The molecule has 0 bridgehead atoms. The Morgan fingerprint density at radius 2 is 0.859 bits per heavy atom. The van der Waals surface area contributed by atoms with Crippen LogP contribution in [-0.2, 0) is 104 Å². The number of ether oxygens (including phenoxy) is 3. The van der Waals surface area contributed by atoms with Gasteiger partial charge in [0, 0.05) is 101 Å². The Morgan fingerprint density at radius 3 is 1.24 bits per heavy atom. The van der Waals surface area contributed by atoms with Crippen LogP contribution in [0.4, 0.5) is 8.78 Å². The van der Waals surface area contributed by atoms with Crippen molar-refractivity contribution in [2.45, 2.75) is 245 Å². The standard InChI is InChI=1S/C19H25ClN2O5.C18H23ClN2O5.C17H15FN4O2.C12H14ClN3O3.C12H12ClN3O2.C5H3FN.3C4H9.Na.Sn/c1-19(2,3)27-16(24)6-5-15(23)22-10-8-13-12(7-9-21-18(13)20)14(22)11-17(25)26-4;1-18(2,3)26-16(25)5-4-14(22)21-9-7-12-11(6-8-20-17(12)19)13(21)10-15(23)24;18-14-2-1-10(8-20-14)17-12-4-6-22-13(11(12)3-5-19-17)7-15(23)21-9-16(22)24;13-12-8-2-4-16(10(17)6-14)9(5-11(18)19)7(8)1-3-15-12;13-12-8-2-4-16-9(7(8)1-3-14-12)5-10(17)15-6-11(16)18;6-5-3-1-2-4-7-5;3*1-3-4-2;;/h7,9,14H,5-6,8,10-11H2,1-4H3;6,8,13H,4-5,7,9-10H2,1-3H3,(H,23,24);1-3,5,8,13H,4,6-7,9H2,(H,21,23);1,3,9H,2,4-6,14H2,(H,18,19);1,3,9H,2,4-6H2,(H,15,17);1,3-4H;3*1,3-4H2,2H3;;/q;;;;;;;;;+1;/p-1. The largest absolute Gasteiger partial charge is 1.00 e. The molecule has 7 aromatic rings. The molecule has 2 fully saturated rings. The second-order valence-corrected chi connectivity index (χ2v) is 50.0. The Balaban J connectivity index is 0.000000200. The van der Waals surface area contributed by atoms with E-state index in [1.165, 1.54) is 97.0 Å². The van der Waals surface area contributed by atoms with Crippen molar-refractivity contribution in [3.05, 3.63) is 186 Å². The SMILES string of the molecule is CC(C)(C)OC(=O)CCC(=O)N1CCc2c(ccnc2Cl)C1CC(=O)[O-].CCC[CH2][Sn]([CH2]CCC)([CH2]CCC)[c]1ccc(F)nc1.COC(=O)CC1c2ccnc(Cl)c2CCN1C(=O)CCC(=O)OC(C)(C)C.NCC(=O)N1CCc2c(ccnc2Cl)C1CC(=O)O.O=C1CC2c3ccnc(-c4ccc(F)nc4)c3CCN2C(=O)CN1.O=C1CC2c3ccnc(Cl)c3CCN2C(=O)CN1.[Na+]. The molecule has 40 heteroatoms. The van der Waals surface area contributed by atoms with Crippen LogP contribution >= 0.6 is 46.4 Å². The monoisotopic (exact) mass is 2060 g/mol. The van der Waals surface area contributed by atoms with Crippen molar-refractivity contribution >= 4 is 140 Å². The van der Waals surface area contributed by atoms with Crippen molar-refractivity contribution in [3.8, 4) is 11.3 Å². The number of hydrogen-bond donors (Lipinski definition) is 4. The maximum Gasteiger partial charge on any atom is 1.00 e. The van der Waals surface area contributed by atoms with E-state index in [2.05, 4.69) is 72.4 Å². The molecule has 7 aliphatic heterocycles. The maximum absolute atomic E-state index is 13.1. The third-order valence-corrected chi connectivity index (χ3v) is 40.8. The quantitative estimate of drug-likeness (QED) is 0.0189. The number of hydrogen-bond acceptors (Lipinski definition) is 24. The smallest absolute Gasteiger partial charge is 0.481 e. The van der Waals surface area contributed by atoms with Gasteiger partial charge < -0.3 is 70.1 Å². The third kappa shape index (κ3) is 31.2. The van der Waals surface area contributed by atoms with E-state index in [1.54, 1.807) is 105 Å². The van der Waals surface area contributed by atoms with E-state index < -0.39 is 83.5 Å². The predicted molar refractivity (Wildman–Crippen MR) is 497 cm³/mol. The van der Waals surface area contributed by atoms with Crippen LogP contribution in [0, 0.1) is 11.9 Å². The molecule has 7 aromatic heterocycles. The van der Waals surface area contributed by atoms with Crippen molar-refractivity contribution in [1.82, 2.24) is 70.0 Å². The molecule has 14 rings (SSSR count). The number of esters is 3. The second kappa shape index (κ2) is 52.3. The minimum atomic E-state index is -2.36. The number of aliphatic carboxylic acids is 2. The molecule has 135 heavy (non-hydrogen) atoms. The van der Waals surface area contributed by atoms with E-state index in [4.69, 9.17) is 71.5 Å². The summed E-state index contributed by atoms with van der Waals surface area (Å²) in [6.07, 6.45) is 21.8. The van der Waals surface area contributed by atoms with Crippen molar-refractivity contribution < 1.29 is 120 Å². The van der Waals surface area contributed by atoms with E-state index in [0.29, 0.717) is 97.4 Å². The van der Waals surface area contributed by atoms with Crippen LogP contribution in [0.1, 0.15) is 244 Å². The fourth-order valence-corrected chi connectivity index (χ4v) is 34.3. The van der Waals surface area contributed by atoms with E-state index in [1.807, 2.05) is 18.3 Å². The van der Waals surface area contributed by atoms with Crippen LogP contribution in [0.25, 0.3) is 11.3 Å². The number of carboxylic acid groups (broad SMARTS) is 2. The fourth-order valence-electron chi connectivity index (χ4n) is 17.6. The first kappa shape index (κ1) is 111. The Hall–Kier alpha value is -9.53. The number of pyridine rings is 7. The minimum absolute atomic E-state index is 0. The summed E-state index contributed by atoms with van der Waals surface area (Å²) in [7, 11) is 1.31. The fraction of sp³-hybridized carbons (Fsp3) is 0.505. The molecule has 32 nitrogen and oxygen atoms in total. The zero-order chi connectivity index (χ0) is 97.9. The molecule has 7 aliphatic rings. The summed E-state index contributed by atoms with van der Waals surface area (Å²) in [6.45, 7) is 19.7. The zero-order valence-corrected chi connectivity index (χ0v) is 86.1. The average molecular weight is 2060 g/mol. The summed E-state index contributed by atoms with van der Waals surface area (Å²) < 4.78 is 47.1. The molecular formula is C95H118Cl4F2N15NaO17Sn. The normalized spacial score (nSPS) is 17.4. The number of rotatable bonds is 24. The molecule has 5 atom stereocenters. The van der Waals surface area contributed by atoms with Crippen molar-refractivity contribution in [1.29, 1.82) is 0 Å². The summed E-state index contributed by atoms with van der Waals surface area (Å²) >= 11 is 22.0. The van der Waals surface area contributed by atoms with Gasteiger partial charge in [0.15, 0.2) is 0 Å². The first-order chi connectivity index (χ1) is 63.7. The van der Waals surface area contributed by atoms with Gasteiger partial charge in [0.05, 0.1) is 101 Å². The number of amides is 7. The molecule has 722 valence electrons. The van der Waals surface area contributed by atoms with Gasteiger partial charge in [-0.15, -0.1) is 0 Å². The first-order valence-electron chi connectivity index (χ1n) is 45.1. The Bertz CT molecular complexity index is 5340. The van der Waals surface area contributed by atoms with Crippen LogP contribution in [0.2, 0.25) is 33.9 Å². The summed E-state index contributed by atoms with van der Waals surface area (Å²) in [6, 6.07) is 13.2. The molecule has 0 spiro atoms. The minimum Gasteiger partial charge on any atom is -0.481 e. The van der Waals surface area contributed by atoms with Crippen LogP contribution < -0.4 is 54.6 Å². The summed E-state index contributed by atoms with van der Waals surface area (Å²) in [5.74, 6) is -5.55. The van der Waals surface area contributed by atoms with Crippen LogP contribution in [0.3, 0.4) is 0 Å². The van der Waals surface area contributed by atoms with Gasteiger partial charge in [0.1, 0.15) is 31.8 Å². The van der Waals surface area contributed by atoms with E-state index >= 15 is 0 Å². The zero-order valence-electron chi connectivity index (χ0n) is 78.2. The second-order valence-electron chi connectivity index (χ2n) is 35.3. The Labute approximate surface area is 831 Å². The van der Waals surface area contributed by atoms with Crippen LogP contribution in [0.15, 0.2) is 98.0 Å². The molecule has 2 saturated heterocycles. The molecule has 0 saturated carbocycles. The topological polar surface area (TPSA) is 432 Å². The number of halogens is 6. The van der Waals surface area contributed by atoms with Gasteiger partial charge in [-0.1, -0.05) is 46.4 Å². The van der Waals surface area contributed by atoms with Gasteiger partial charge in [-0.2, -0.15) is 4.39 Å². The molecule has 5 unspecified atom stereocenters. The maximum atomic E-state index is 13.1. The number of methoxy groups -OCH3 is 1. The van der Waals surface area contributed by atoms with E-state index in [0.717, 1.165) is 61.3 Å². The molecule has 5 N–H and O–H groups in total. The van der Waals surface area contributed by atoms with Gasteiger partial charge in [0.25, 0.3) is 0 Å².